The predicted octanol–water partition coefficient (Wildman–Crippen LogP) is 2.21. The van der Waals surface area contributed by atoms with Gasteiger partial charge in [-0.3, -0.25) is 0 Å². The van der Waals surface area contributed by atoms with E-state index in [1.165, 1.54) is 19.3 Å². The molecule has 2 atom stereocenters. The van der Waals surface area contributed by atoms with Crippen LogP contribution in [0.3, 0.4) is 0 Å². The molecule has 0 bridgehead atoms. The molecule has 0 heterocycles. The minimum absolute atomic E-state index is 0.346. The Morgan fingerprint density at radius 3 is 2.69 bits per heavy atom. The number of hydrogen-bond donors (Lipinski definition) is 1. The lowest BCUT2D eigenvalue weighted by molar-refractivity contribution is -0.0393. The minimum Gasteiger partial charge on any atom is -0.385 e. The summed E-state index contributed by atoms with van der Waals surface area (Å²) in [5.41, 5.74) is 0.346. The molecule has 0 saturated heterocycles. The Kier molecular flexibility index (Phi) is 5.73. The van der Waals surface area contributed by atoms with E-state index in [0.717, 1.165) is 19.6 Å². The zero-order valence-electron chi connectivity index (χ0n) is 11.2. The second-order valence-electron chi connectivity index (χ2n) is 5.40. The van der Waals surface area contributed by atoms with Crippen LogP contribution in [-0.4, -0.2) is 39.5 Å². The highest BCUT2D eigenvalue weighted by Gasteiger charge is 2.38. The Balaban J connectivity index is 2.38. The van der Waals surface area contributed by atoms with E-state index in [9.17, 15) is 0 Å². The SMILES string of the molecule is CNC1C(OCCCOC)CCCC1(C)C. The second kappa shape index (κ2) is 6.58. The van der Waals surface area contributed by atoms with Gasteiger partial charge in [-0.2, -0.15) is 0 Å². The van der Waals surface area contributed by atoms with Gasteiger partial charge in [0.2, 0.25) is 0 Å². The average molecular weight is 229 g/mol. The Morgan fingerprint density at radius 2 is 2.06 bits per heavy atom. The number of hydrogen-bond acceptors (Lipinski definition) is 3. The number of nitrogens with one attached hydrogen (secondary N) is 1. The fourth-order valence-electron chi connectivity index (χ4n) is 2.78. The molecule has 1 fully saturated rings. The van der Waals surface area contributed by atoms with E-state index in [0.29, 0.717) is 17.6 Å². The summed E-state index contributed by atoms with van der Waals surface area (Å²) in [6, 6.07) is 0.476. The summed E-state index contributed by atoms with van der Waals surface area (Å²) < 4.78 is 11.0. The zero-order chi connectivity index (χ0) is 12.0. The molecule has 2 unspecified atom stereocenters. The van der Waals surface area contributed by atoms with Crippen LogP contribution in [0.1, 0.15) is 39.5 Å². The molecule has 0 aliphatic heterocycles. The largest absolute Gasteiger partial charge is 0.385 e. The number of likely N-dealkylation sites (N-methyl/N-ethyl adjacent to an activating group) is 1. The van der Waals surface area contributed by atoms with Crippen LogP contribution < -0.4 is 5.32 Å². The maximum Gasteiger partial charge on any atom is 0.0733 e. The van der Waals surface area contributed by atoms with Crippen LogP contribution in [0.4, 0.5) is 0 Å². The molecule has 1 saturated carbocycles. The molecule has 0 aromatic heterocycles. The molecule has 0 radical (unpaired) electrons. The van der Waals surface area contributed by atoms with Crippen molar-refractivity contribution in [2.24, 2.45) is 5.41 Å². The Bertz CT molecular complexity index is 194. The number of ether oxygens (including phenoxy) is 2. The van der Waals surface area contributed by atoms with E-state index in [1.54, 1.807) is 7.11 Å². The third kappa shape index (κ3) is 3.72. The van der Waals surface area contributed by atoms with E-state index in [4.69, 9.17) is 9.47 Å². The second-order valence-corrected chi connectivity index (χ2v) is 5.40. The summed E-state index contributed by atoms with van der Waals surface area (Å²) in [7, 11) is 3.78. The summed E-state index contributed by atoms with van der Waals surface area (Å²) in [5, 5.41) is 3.43. The van der Waals surface area contributed by atoms with Crippen LogP contribution >= 0.6 is 0 Å². The normalized spacial score (nSPS) is 29.2. The minimum atomic E-state index is 0.346. The predicted molar refractivity (Wildman–Crippen MR) is 66.7 cm³/mol. The third-order valence-electron chi connectivity index (χ3n) is 3.66. The quantitative estimate of drug-likeness (QED) is 0.708. The summed E-state index contributed by atoms with van der Waals surface area (Å²) in [5.74, 6) is 0. The van der Waals surface area contributed by atoms with E-state index in [2.05, 4.69) is 19.2 Å². The van der Waals surface area contributed by atoms with Crippen LogP contribution in [0.25, 0.3) is 0 Å². The van der Waals surface area contributed by atoms with Crippen molar-refractivity contribution in [3.05, 3.63) is 0 Å². The van der Waals surface area contributed by atoms with Crippen molar-refractivity contribution in [2.75, 3.05) is 27.4 Å². The highest BCUT2D eigenvalue weighted by atomic mass is 16.5. The molecule has 0 spiro atoms. The summed E-state index contributed by atoms with van der Waals surface area (Å²) >= 11 is 0. The molecule has 1 rings (SSSR count). The van der Waals surface area contributed by atoms with Gasteiger partial charge in [0.25, 0.3) is 0 Å². The highest BCUT2D eigenvalue weighted by molar-refractivity contribution is 4.93. The van der Waals surface area contributed by atoms with Crippen molar-refractivity contribution in [3.63, 3.8) is 0 Å². The monoisotopic (exact) mass is 229 g/mol. The summed E-state index contributed by atoms with van der Waals surface area (Å²) in [6.07, 6.45) is 5.10. The fourth-order valence-corrected chi connectivity index (χ4v) is 2.78. The molecule has 1 N–H and O–H groups in total. The van der Waals surface area contributed by atoms with Crippen molar-refractivity contribution < 1.29 is 9.47 Å². The molecule has 0 aromatic carbocycles. The third-order valence-corrected chi connectivity index (χ3v) is 3.66. The van der Waals surface area contributed by atoms with Gasteiger partial charge in [-0.25, -0.2) is 0 Å². The maximum atomic E-state index is 5.98. The van der Waals surface area contributed by atoms with Crippen LogP contribution in [-0.2, 0) is 9.47 Å². The van der Waals surface area contributed by atoms with Gasteiger partial charge in [0, 0.05) is 26.4 Å². The summed E-state index contributed by atoms with van der Waals surface area (Å²) in [4.78, 5) is 0. The van der Waals surface area contributed by atoms with Gasteiger partial charge in [-0.05, 0) is 31.7 Å². The average Bonchev–Trinajstić information content (AvgIpc) is 2.23. The van der Waals surface area contributed by atoms with Crippen molar-refractivity contribution in [2.45, 2.75) is 51.7 Å². The first-order valence-corrected chi connectivity index (χ1v) is 6.39. The van der Waals surface area contributed by atoms with Crippen molar-refractivity contribution in [1.29, 1.82) is 0 Å². The number of methoxy groups -OCH3 is 1. The lowest BCUT2D eigenvalue weighted by atomic mass is 9.72. The first-order valence-electron chi connectivity index (χ1n) is 6.39. The Labute approximate surface area is 99.9 Å². The van der Waals surface area contributed by atoms with E-state index < -0.39 is 0 Å². The molecule has 3 nitrogen and oxygen atoms in total. The van der Waals surface area contributed by atoms with Crippen LogP contribution in [0.5, 0.6) is 0 Å². The lowest BCUT2D eigenvalue weighted by Crippen LogP contribution is -2.52. The molecule has 0 amide bonds. The molecule has 1 aliphatic rings. The number of rotatable bonds is 6. The molecule has 0 aromatic rings. The van der Waals surface area contributed by atoms with Crippen molar-refractivity contribution >= 4 is 0 Å². The van der Waals surface area contributed by atoms with Gasteiger partial charge < -0.3 is 14.8 Å². The van der Waals surface area contributed by atoms with E-state index in [-0.39, 0.29) is 0 Å². The van der Waals surface area contributed by atoms with Crippen molar-refractivity contribution in [3.8, 4) is 0 Å². The Hall–Kier alpha value is -0.120. The molecule has 1 aliphatic carbocycles. The topological polar surface area (TPSA) is 30.5 Å². The lowest BCUT2D eigenvalue weighted by Gasteiger charge is -2.43. The van der Waals surface area contributed by atoms with Crippen molar-refractivity contribution in [1.82, 2.24) is 5.32 Å². The Morgan fingerprint density at radius 1 is 1.31 bits per heavy atom. The molecule has 3 heteroatoms. The van der Waals surface area contributed by atoms with Gasteiger partial charge in [0.1, 0.15) is 0 Å². The first kappa shape index (κ1) is 13.9. The molecule has 16 heavy (non-hydrogen) atoms. The first-order chi connectivity index (χ1) is 7.61. The van der Waals surface area contributed by atoms with E-state index >= 15 is 0 Å². The van der Waals surface area contributed by atoms with Gasteiger partial charge in [-0.15, -0.1) is 0 Å². The summed E-state index contributed by atoms with van der Waals surface area (Å²) in [6.45, 7) is 6.27. The van der Waals surface area contributed by atoms with Gasteiger partial charge in [-0.1, -0.05) is 20.3 Å². The van der Waals surface area contributed by atoms with Gasteiger partial charge >= 0.3 is 0 Å². The highest BCUT2D eigenvalue weighted by Crippen LogP contribution is 2.36. The zero-order valence-corrected chi connectivity index (χ0v) is 11.2. The van der Waals surface area contributed by atoms with Gasteiger partial charge in [0.15, 0.2) is 0 Å². The molecule has 96 valence electrons. The van der Waals surface area contributed by atoms with Crippen LogP contribution in [0, 0.1) is 5.41 Å². The smallest absolute Gasteiger partial charge is 0.0733 e. The van der Waals surface area contributed by atoms with Gasteiger partial charge in [0.05, 0.1) is 6.10 Å². The fraction of sp³-hybridized carbons (Fsp3) is 1.00. The van der Waals surface area contributed by atoms with E-state index in [1.807, 2.05) is 7.05 Å². The van der Waals surface area contributed by atoms with Crippen LogP contribution in [0.15, 0.2) is 0 Å². The van der Waals surface area contributed by atoms with Crippen LogP contribution in [0.2, 0.25) is 0 Å². The maximum absolute atomic E-state index is 5.98. The molecular weight excluding hydrogens is 202 g/mol. The molecular formula is C13H27NO2. The standard InChI is InChI=1S/C13H27NO2/c1-13(2)8-5-7-11(12(13)14-3)16-10-6-9-15-4/h11-12,14H,5-10H2,1-4H3.